The highest BCUT2D eigenvalue weighted by molar-refractivity contribution is 5.81. The number of amides is 1. The molecule has 0 unspecified atom stereocenters. The number of nitrogens with zero attached hydrogens (tertiary/aromatic N) is 1. The summed E-state index contributed by atoms with van der Waals surface area (Å²) in [7, 11) is 4.08. The Morgan fingerprint density at radius 1 is 1.41 bits per heavy atom. The molecular weight excluding hydrogens is 222 g/mol. The van der Waals surface area contributed by atoms with E-state index >= 15 is 0 Å². The molecule has 0 bridgehead atoms. The van der Waals surface area contributed by atoms with Crippen LogP contribution in [-0.4, -0.2) is 63.1 Å². The van der Waals surface area contributed by atoms with Crippen molar-refractivity contribution < 1.29 is 19.6 Å². The molecule has 1 heterocycles. The summed E-state index contributed by atoms with van der Waals surface area (Å²) in [5, 5.41) is 12.5. The van der Waals surface area contributed by atoms with Gasteiger partial charge in [-0.3, -0.25) is 9.69 Å². The Balaban J connectivity index is 2.26. The van der Waals surface area contributed by atoms with Gasteiger partial charge >= 0.3 is 0 Å². The first-order chi connectivity index (χ1) is 7.99. The van der Waals surface area contributed by atoms with Crippen LogP contribution in [0.25, 0.3) is 0 Å². The van der Waals surface area contributed by atoms with E-state index < -0.39 is 12.5 Å². The van der Waals surface area contributed by atoms with Gasteiger partial charge in [0.15, 0.2) is 0 Å². The van der Waals surface area contributed by atoms with Crippen LogP contribution in [0.1, 0.15) is 12.8 Å². The van der Waals surface area contributed by atoms with E-state index in [1.54, 1.807) is 0 Å². The molecule has 0 aliphatic carbocycles. The smallest absolute Gasteiger partial charge is 0.234 e. The molecule has 1 aliphatic rings. The van der Waals surface area contributed by atoms with Gasteiger partial charge in [-0.1, -0.05) is 0 Å². The summed E-state index contributed by atoms with van der Waals surface area (Å²) in [4.78, 5) is 25.1. The summed E-state index contributed by atoms with van der Waals surface area (Å²) in [5.74, 6) is -1.52. The zero-order valence-corrected chi connectivity index (χ0v) is 10.5. The Labute approximate surface area is 102 Å². The van der Waals surface area contributed by atoms with Crippen molar-refractivity contribution in [1.82, 2.24) is 10.2 Å². The lowest BCUT2D eigenvalue weighted by Crippen LogP contribution is -3.10. The Morgan fingerprint density at radius 2 is 2.00 bits per heavy atom. The van der Waals surface area contributed by atoms with E-state index in [2.05, 4.69) is 12.4 Å². The summed E-state index contributed by atoms with van der Waals surface area (Å²) in [6.45, 7) is 2.08. The van der Waals surface area contributed by atoms with E-state index in [1.807, 2.05) is 11.9 Å². The lowest BCUT2D eigenvalue weighted by molar-refractivity contribution is -0.885. The second-order valence-electron chi connectivity index (χ2n) is 4.75. The van der Waals surface area contributed by atoms with Gasteiger partial charge in [0.05, 0.1) is 39.2 Å². The normalized spacial score (nSPS) is 24.6. The molecule has 0 saturated carbocycles. The maximum absolute atomic E-state index is 11.4. The fraction of sp³-hybridized carbons (Fsp3) is 0.818. The molecule has 1 rings (SSSR count). The number of hydrogen-bond acceptors (Lipinski definition) is 4. The largest absolute Gasteiger partial charge is 0.548 e. The molecule has 0 aromatic heterocycles. The van der Waals surface area contributed by atoms with Gasteiger partial charge in [0, 0.05) is 18.9 Å². The van der Waals surface area contributed by atoms with Gasteiger partial charge in [-0.2, -0.15) is 0 Å². The molecule has 1 saturated heterocycles. The van der Waals surface area contributed by atoms with Crippen LogP contribution in [0, 0.1) is 0 Å². The Bertz CT molecular complexity index is 275. The van der Waals surface area contributed by atoms with Crippen molar-refractivity contribution in [2.45, 2.75) is 18.9 Å². The van der Waals surface area contributed by atoms with Crippen molar-refractivity contribution in [1.29, 1.82) is 0 Å². The molecule has 2 N–H and O–H groups in total. The third-order valence-electron chi connectivity index (χ3n) is 3.25. The number of aliphatic carboxylic acids is 1. The van der Waals surface area contributed by atoms with Crippen LogP contribution in [0.3, 0.4) is 0 Å². The number of nitrogens with one attached hydrogen (secondary N) is 2. The number of hydrogen-bond donors (Lipinski definition) is 2. The van der Waals surface area contributed by atoms with Crippen molar-refractivity contribution in [2.24, 2.45) is 0 Å². The summed E-state index contributed by atoms with van der Waals surface area (Å²) in [6, 6.07) is 0.424. The molecular formula is C11H21N3O3. The second-order valence-corrected chi connectivity index (χ2v) is 4.75. The van der Waals surface area contributed by atoms with E-state index in [4.69, 9.17) is 0 Å². The minimum Gasteiger partial charge on any atom is -0.548 e. The predicted octanol–water partition coefficient (Wildman–Crippen LogP) is -3.54. The maximum atomic E-state index is 11.4. The first kappa shape index (κ1) is 13.9. The molecule has 0 spiro atoms. The number of piperidine rings is 1. The van der Waals surface area contributed by atoms with Crippen molar-refractivity contribution in [3.05, 3.63) is 0 Å². The minimum atomic E-state index is -1.26. The Kier molecular flexibility index (Phi) is 5.37. The SMILES string of the molecule is CN(CC(=O)NCC(=O)[O-])C1CC[NH+](C)CC1. The molecule has 17 heavy (non-hydrogen) atoms. The molecule has 0 radical (unpaired) electrons. The van der Waals surface area contributed by atoms with E-state index in [9.17, 15) is 14.7 Å². The first-order valence-corrected chi connectivity index (χ1v) is 5.97. The molecule has 0 aromatic carbocycles. The first-order valence-electron chi connectivity index (χ1n) is 5.97. The average Bonchev–Trinajstić information content (AvgIpc) is 2.27. The van der Waals surface area contributed by atoms with Gasteiger partial charge in [0.1, 0.15) is 0 Å². The van der Waals surface area contributed by atoms with Crippen LogP contribution < -0.4 is 15.3 Å². The van der Waals surface area contributed by atoms with Crippen LogP contribution >= 0.6 is 0 Å². The van der Waals surface area contributed by atoms with E-state index in [0.29, 0.717) is 6.04 Å². The lowest BCUT2D eigenvalue weighted by Gasteiger charge is -2.32. The maximum Gasteiger partial charge on any atom is 0.234 e. The molecule has 6 nitrogen and oxygen atoms in total. The van der Waals surface area contributed by atoms with Gasteiger partial charge in [0.2, 0.25) is 5.91 Å². The molecule has 1 amide bonds. The fourth-order valence-corrected chi connectivity index (χ4v) is 2.12. The van der Waals surface area contributed by atoms with Crippen molar-refractivity contribution >= 4 is 11.9 Å². The minimum absolute atomic E-state index is 0.247. The predicted molar refractivity (Wildman–Crippen MR) is 60.3 cm³/mol. The van der Waals surface area contributed by atoms with Crippen LogP contribution in [0.4, 0.5) is 0 Å². The zero-order chi connectivity index (χ0) is 12.8. The lowest BCUT2D eigenvalue weighted by atomic mass is 10.0. The molecule has 1 aliphatic heterocycles. The third kappa shape index (κ3) is 5.14. The molecule has 6 heteroatoms. The zero-order valence-electron chi connectivity index (χ0n) is 10.5. The van der Waals surface area contributed by atoms with Gasteiger partial charge in [-0.25, -0.2) is 0 Å². The summed E-state index contributed by atoms with van der Waals surface area (Å²) < 4.78 is 0. The molecule has 1 fully saturated rings. The number of rotatable bonds is 5. The fourth-order valence-electron chi connectivity index (χ4n) is 2.12. The average molecular weight is 243 g/mol. The van der Waals surface area contributed by atoms with Crippen molar-refractivity contribution in [3.8, 4) is 0 Å². The molecule has 98 valence electrons. The van der Waals surface area contributed by atoms with Gasteiger partial charge in [-0.15, -0.1) is 0 Å². The quantitative estimate of drug-likeness (QED) is 0.524. The van der Waals surface area contributed by atoms with E-state index in [1.165, 1.54) is 4.90 Å². The summed E-state index contributed by atoms with van der Waals surface area (Å²) in [5.41, 5.74) is 0. The second kappa shape index (κ2) is 6.56. The van der Waals surface area contributed by atoms with Gasteiger partial charge in [0.25, 0.3) is 0 Å². The number of carbonyl (C=O) groups excluding carboxylic acids is 2. The highest BCUT2D eigenvalue weighted by atomic mass is 16.4. The number of carboxylic acid groups (broad SMARTS) is 1. The topological polar surface area (TPSA) is 76.9 Å². The molecule has 0 atom stereocenters. The number of likely N-dealkylation sites (N-methyl/N-ethyl adjacent to an activating group) is 1. The van der Waals surface area contributed by atoms with Crippen LogP contribution in [0.2, 0.25) is 0 Å². The number of carboxylic acids is 1. The third-order valence-corrected chi connectivity index (χ3v) is 3.25. The number of likely N-dealkylation sites (tertiary alicyclic amines) is 1. The van der Waals surface area contributed by atoms with Gasteiger partial charge < -0.3 is 20.1 Å². The van der Waals surface area contributed by atoms with Crippen molar-refractivity contribution in [2.75, 3.05) is 40.3 Å². The highest BCUT2D eigenvalue weighted by Crippen LogP contribution is 2.06. The standard InChI is InChI=1S/C11H21N3O3/c1-13-5-3-9(4-6-13)14(2)8-10(15)12-7-11(16)17/h9H,3-8H2,1-2H3,(H,12,15)(H,16,17). The number of quaternary nitrogens is 1. The monoisotopic (exact) mass is 243 g/mol. The van der Waals surface area contributed by atoms with Gasteiger partial charge in [-0.05, 0) is 7.05 Å². The van der Waals surface area contributed by atoms with E-state index in [0.717, 1.165) is 25.9 Å². The summed E-state index contributed by atoms with van der Waals surface area (Å²) >= 11 is 0. The Hall–Kier alpha value is -1.14. The highest BCUT2D eigenvalue weighted by Gasteiger charge is 2.23. The Morgan fingerprint density at radius 3 is 2.53 bits per heavy atom. The van der Waals surface area contributed by atoms with Crippen LogP contribution in [0.5, 0.6) is 0 Å². The van der Waals surface area contributed by atoms with Crippen LogP contribution in [-0.2, 0) is 9.59 Å². The van der Waals surface area contributed by atoms with Crippen LogP contribution in [0.15, 0.2) is 0 Å². The number of carbonyl (C=O) groups is 2. The van der Waals surface area contributed by atoms with Crippen molar-refractivity contribution in [3.63, 3.8) is 0 Å². The molecule has 0 aromatic rings. The summed E-state index contributed by atoms with van der Waals surface area (Å²) in [6.07, 6.45) is 2.16. The van der Waals surface area contributed by atoms with E-state index in [-0.39, 0.29) is 12.5 Å².